The Labute approximate surface area is 127 Å². The number of rotatable bonds is 5. The maximum Gasteiger partial charge on any atom is 0.251 e. The number of amides is 2. The summed E-state index contributed by atoms with van der Waals surface area (Å²) in [6.45, 7) is 4.43. The molecule has 1 aliphatic rings. The lowest BCUT2D eigenvalue weighted by Gasteiger charge is -2.09. The van der Waals surface area contributed by atoms with Gasteiger partial charge in [0.2, 0.25) is 12.7 Å². The molecule has 0 unspecified atom stereocenters. The van der Waals surface area contributed by atoms with Gasteiger partial charge in [-0.3, -0.25) is 9.59 Å². The predicted octanol–water partition coefficient (Wildman–Crippen LogP) is 1.57. The van der Waals surface area contributed by atoms with E-state index in [-0.39, 0.29) is 24.5 Å². The Morgan fingerprint density at radius 1 is 1.24 bits per heavy atom. The molecule has 0 radical (unpaired) electrons. The second-order valence-electron chi connectivity index (χ2n) is 4.89. The Balaban J connectivity index is 1.87. The van der Waals surface area contributed by atoms with Crippen molar-refractivity contribution in [3.63, 3.8) is 0 Å². The van der Waals surface area contributed by atoms with Crippen LogP contribution in [0.25, 0.3) is 0 Å². The van der Waals surface area contributed by atoms with Crippen LogP contribution in [-0.2, 0) is 4.79 Å². The molecule has 0 aromatic heterocycles. The molecule has 0 aliphatic carbocycles. The van der Waals surface area contributed by atoms with Crippen LogP contribution in [0.1, 0.15) is 24.2 Å². The summed E-state index contributed by atoms with van der Waals surface area (Å²) in [5, 5.41) is 5.76. The molecule has 1 aromatic rings. The van der Waals surface area contributed by atoms with E-state index in [4.69, 9.17) is 21.1 Å². The van der Waals surface area contributed by atoms with Crippen molar-refractivity contribution in [2.75, 3.05) is 19.9 Å². The van der Waals surface area contributed by atoms with Crippen LogP contribution in [0.3, 0.4) is 0 Å². The molecular weight excluding hydrogens is 296 g/mol. The number of fused-ring (bicyclic) bond motifs is 1. The van der Waals surface area contributed by atoms with Gasteiger partial charge in [0.15, 0.2) is 11.5 Å². The van der Waals surface area contributed by atoms with E-state index in [9.17, 15) is 9.59 Å². The molecule has 0 spiro atoms. The highest BCUT2D eigenvalue weighted by molar-refractivity contribution is 6.32. The van der Waals surface area contributed by atoms with E-state index in [1.165, 1.54) is 6.07 Å². The van der Waals surface area contributed by atoms with E-state index in [1.807, 2.05) is 13.8 Å². The standard InChI is InChI=1S/C14H17ClN2O4/c1-8(2)13(18)16-3-4-17-14(19)9-5-10(15)12-11(6-9)20-7-21-12/h5-6,8H,3-4,7H2,1-2H3,(H,16,18)(H,17,19). The van der Waals surface area contributed by atoms with Gasteiger partial charge in [0, 0.05) is 24.6 Å². The third-order valence-electron chi connectivity index (χ3n) is 2.92. The molecule has 21 heavy (non-hydrogen) atoms. The van der Waals surface area contributed by atoms with Crippen LogP contribution >= 0.6 is 11.6 Å². The van der Waals surface area contributed by atoms with Crippen LogP contribution in [0.2, 0.25) is 5.02 Å². The van der Waals surface area contributed by atoms with Gasteiger partial charge < -0.3 is 20.1 Å². The molecule has 0 saturated heterocycles. The Kier molecular flexibility index (Phi) is 4.90. The summed E-state index contributed by atoms with van der Waals surface area (Å²) in [5.74, 6) is 0.510. The first-order valence-corrected chi connectivity index (χ1v) is 7.02. The third kappa shape index (κ3) is 3.78. The fourth-order valence-electron chi connectivity index (χ4n) is 1.77. The van der Waals surface area contributed by atoms with Crippen molar-refractivity contribution >= 4 is 23.4 Å². The molecule has 2 rings (SSSR count). The van der Waals surface area contributed by atoms with E-state index in [2.05, 4.69) is 10.6 Å². The van der Waals surface area contributed by atoms with Crippen LogP contribution in [-0.4, -0.2) is 31.7 Å². The predicted molar refractivity (Wildman–Crippen MR) is 77.8 cm³/mol. The van der Waals surface area contributed by atoms with E-state index in [1.54, 1.807) is 6.07 Å². The molecule has 0 saturated carbocycles. The molecule has 1 heterocycles. The van der Waals surface area contributed by atoms with E-state index in [0.717, 1.165) is 0 Å². The van der Waals surface area contributed by atoms with Crippen molar-refractivity contribution in [1.29, 1.82) is 0 Å². The van der Waals surface area contributed by atoms with Gasteiger partial charge in [-0.05, 0) is 12.1 Å². The third-order valence-corrected chi connectivity index (χ3v) is 3.20. The largest absolute Gasteiger partial charge is 0.454 e. The minimum absolute atomic E-state index is 0.0460. The van der Waals surface area contributed by atoms with E-state index >= 15 is 0 Å². The maximum atomic E-state index is 12.0. The van der Waals surface area contributed by atoms with Gasteiger partial charge >= 0.3 is 0 Å². The van der Waals surface area contributed by atoms with Gasteiger partial charge in [0.1, 0.15) is 0 Å². The molecule has 0 atom stereocenters. The first-order valence-electron chi connectivity index (χ1n) is 6.64. The Morgan fingerprint density at radius 3 is 2.67 bits per heavy atom. The summed E-state index contributed by atoms with van der Waals surface area (Å²) >= 11 is 6.01. The highest BCUT2D eigenvalue weighted by Gasteiger charge is 2.20. The summed E-state index contributed by atoms with van der Waals surface area (Å²) in [6.07, 6.45) is 0. The van der Waals surface area contributed by atoms with Gasteiger partial charge in [-0.2, -0.15) is 0 Å². The van der Waals surface area contributed by atoms with Crippen molar-refractivity contribution in [3.8, 4) is 11.5 Å². The number of carbonyl (C=O) groups excluding carboxylic acids is 2. The molecule has 7 heteroatoms. The molecule has 0 fully saturated rings. The zero-order chi connectivity index (χ0) is 15.4. The highest BCUT2D eigenvalue weighted by atomic mass is 35.5. The number of hydrogen-bond donors (Lipinski definition) is 2. The topological polar surface area (TPSA) is 76.7 Å². The van der Waals surface area contributed by atoms with Crippen molar-refractivity contribution < 1.29 is 19.1 Å². The van der Waals surface area contributed by atoms with Gasteiger partial charge in [-0.1, -0.05) is 25.4 Å². The molecule has 2 N–H and O–H groups in total. The van der Waals surface area contributed by atoms with Crippen LogP contribution in [0, 0.1) is 5.92 Å². The minimum atomic E-state index is -0.283. The average Bonchev–Trinajstić information content (AvgIpc) is 2.91. The van der Waals surface area contributed by atoms with Gasteiger partial charge in [0.25, 0.3) is 5.91 Å². The molecule has 2 amide bonds. The van der Waals surface area contributed by atoms with Crippen molar-refractivity contribution in [1.82, 2.24) is 10.6 Å². The monoisotopic (exact) mass is 312 g/mol. The zero-order valence-electron chi connectivity index (χ0n) is 11.9. The number of benzene rings is 1. The lowest BCUT2D eigenvalue weighted by Crippen LogP contribution is -2.36. The lowest BCUT2D eigenvalue weighted by atomic mass is 10.2. The number of halogens is 1. The lowest BCUT2D eigenvalue weighted by molar-refractivity contribution is -0.123. The van der Waals surface area contributed by atoms with Gasteiger partial charge in [0.05, 0.1) is 5.02 Å². The molecule has 114 valence electrons. The molecule has 1 aromatic carbocycles. The van der Waals surface area contributed by atoms with E-state index < -0.39 is 0 Å². The number of nitrogens with one attached hydrogen (secondary N) is 2. The first kappa shape index (κ1) is 15.4. The Morgan fingerprint density at radius 2 is 1.95 bits per heavy atom. The second-order valence-corrected chi connectivity index (χ2v) is 5.30. The van der Waals surface area contributed by atoms with Crippen LogP contribution in [0.4, 0.5) is 0 Å². The summed E-state index contributed by atoms with van der Waals surface area (Å²) < 4.78 is 10.4. The smallest absolute Gasteiger partial charge is 0.251 e. The summed E-state index contributed by atoms with van der Waals surface area (Å²) in [7, 11) is 0. The molecule has 0 bridgehead atoms. The van der Waals surface area contributed by atoms with E-state index in [0.29, 0.717) is 35.2 Å². The summed E-state index contributed by atoms with van der Waals surface area (Å²) in [4.78, 5) is 23.4. The first-order chi connectivity index (χ1) is 9.99. The SMILES string of the molecule is CC(C)C(=O)NCCNC(=O)c1cc(Cl)c2c(c1)OCO2. The number of ether oxygens (including phenoxy) is 2. The van der Waals surface area contributed by atoms with Crippen LogP contribution < -0.4 is 20.1 Å². The minimum Gasteiger partial charge on any atom is -0.454 e. The number of hydrogen-bond acceptors (Lipinski definition) is 4. The van der Waals surface area contributed by atoms with Crippen molar-refractivity contribution in [2.24, 2.45) is 5.92 Å². The van der Waals surface area contributed by atoms with Crippen molar-refractivity contribution in [3.05, 3.63) is 22.7 Å². The highest BCUT2D eigenvalue weighted by Crippen LogP contribution is 2.39. The maximum absolute atomic E-state index is 12.0. The van der Waals surface area contributed by atoms with Crippen LogP contribution in [0.5, 0.6) is 11.5 Å². The second kappa shape index (κ2) is 6.67. The average molecular weight is 313 g/mol. The van der Waals surface area contributed by atoms with Gasteiger partial charge in [-0.25, -0.2) is 0 Å². The summed E-state index contributed by atoms with van der Waals surface area (Å²) in [5.41, 5.74) is 0.388. The zero-order valence-corrected chi connectivity index (χ0v) is 12.6. The molecular formula is C14H17ClN2O4. The molecule has 1 aliphatic heterocycles. The fraction of sp³-hybridized carbons (Fsp3) is 0.429. The normalized spacial score (nSPS) is 12.4. The quantitative estimate of drug-likeness (QED) is 0.809. The van der Waals surface area contributed by atoms with Crippen LogP contribution in [0.15, 0.2) is 12.1 Å². The summed E-state index contributed by atoms with van der Waals surface area (Å²) in [6, 6.07) is 3.10. The fourth-order valence-corrected chi connectivity index (χ4v) is 2.03. The Bertz CT molecular complexity index is 560. The number of carbonyl (C=O) groups is 2. The van der Waals surface area contributed by atoms with Crippen molar-refractivity contribution in [2.45, 2.75) is 13.8 Å². The van der Waals surface area contributed by atoms with Gasteiger partial charge in [-0.15, -0.1) is 0 Å². The molecule has 6 nitrogen and oxygen atoms in total. The Hall–Kier alpha value is -1.95.